The number of hydrogen-bond acceptors (Lipinski definition) is 7. The van der Waals surface area contributed by atoms with Crippen LogP contribution in [0.5, 0.6) is 0 Å². The number of carbonyl (C=O) groups is 1. The van der Waals surface area contributed by atoms with Gasteiger partial charge >= 0.3 is 98.5 Å². The molecule has 0 N–H and O–H groups in total. The van der Waals surface area contributed by atoms with Crippen molar-refractivity contribution in [3.63, 3.8) is 0 Å². The van der Waals surface area contributed by atoms with Gasteiger partial charge in [0.25, 0.3) is 11.6 Å². The van der Waals surface area contributed by atoms with Gasteiger partial charge in [0.1, 0.15) is 11.5 Å². The molecule has 1 saturated heterocycles. The minimum atomic E-state index is -0.463. The van der Waals surface area contributed by atoms with Crippen molar-refractivity contribution in [1.29, 1.82) is 0 Å². The van der Waals surface area contributed by atoms with Crippen LogP contribution < -0.4 is 103 Å². The molecule has 5 rings (SSSR count). The monoisotopic (exact) mass is 622 g/mol. The van der Waals surface area contributed by atoms with Gasteiger partial charge in [0, 0.05) is 60.7 Å². The number of benzene rings is 2. The van der Waals surface area contributed by atoms with Gasteiger partial charge in [-0.25, -0.2) is 4.99 Å². The van der Waals surface area contributed by atoms with E-state index >= 15 is 0 Å². The largest absolute Gasteiger partial charge is 1.00 e. The van der Waals surface area contributed by atoms with Crippen LogP contribution in [0.4, 0.5) is 11.4 Å². The molecule has 0 spiro atoms. The molecule has 0 radical (unpaired) electrons. The van der Waals surface area contributed by atoms with Gasteiger partial charge in [-0.05, 0) is 19.2 Å². The number of hydrogen-bond donors (Lipinski definition) is 0. The molecule has 3 aliphatic heterocycles. The van der Waals surface area contributed by atoms with Gasteiger partial charge in [0.15, 0.2) is 0 Å². The first-order chi connectivity index (χ1) is 15.9. The van der Waals surface area contributed by atoms with Crippen LogP contribution in [0.2, 0.25) is 5.02 Å². The van der Waals surface area contributed by atoms with Crippen molar-refractivity contribution < 1.29 is 111 Å². The third-order valence-corrected chi connectivity index (χ3v) is 6.30. The molecule has 0 aliphatic carbocycles. The number of non-ortho nitro benzene ring substituents is 1. The van der Waals surface area contributed by atoms with Crippen LogP contribution in [0, 0.1) is 10.1 Å². The average molecular weight is 623 g/mol. The zero-order chi connectivity index (χ0) is 23.1. The first-order valence-corrected chi connectivity index (χ1v) is 10.9. The molecule has 0 atom stereocenters. The Balaban J connectivity index is 0.00000171. The quantitative estimate of drug-likeness (QED) is 0.159. The number of nitrogens with zero attached hydrogens (tertiary/aromatic N) is 6. The molecule has 0 aromatic heterocycles. The van der Waals surface area contributed by atoms with Crippen molar-refractivity contribution in [2.75, 3.05) is 44.7 Å². The number of likely N-dealkylation sites (N-methyl/N-ethyl adjacent to an activating group) is 1. The maximum absolute atomic E-state index is 13.4. The fourth-order valence-electron chi connectivity index (χ4n) is 4.17. The first kappa shape index (κ1) is 29.1. The van der Waals surface area contributed by atoms with Gasteiger partial charge < -0.3 is 12.7 Å². The fourth-order valence-corrected chi connectivity index (χ4v) is 4.40. The molecule has 172 valence electrons. The molecular formula is C23H23ClCsN6NaO3. The fraction of sp³-hybridized carbons (Fsp3) is 0.261. The molecule has 0 bridgehead atoms. The molecule has 3 heterocycles. The molecular weight excluding hydrogens is 600 g/mol. The number of nitro benzene ring substituents is 1. The minimum Gasteiger partial charge on any atom is -1.00 e. The van der Waals surface area contributed by atoms with Gasteiger partial charge in [-0.3, -0.25) is 24.8 Å². The van der Waals surface area contributed by atoms with Crippen molar-refractivity contribution >= 4 is 40.4 Å². The van der Waals surface area contributed by atoms with Crippen LogP contribution in [0.3, 0.4) is 0 Å². The summed E-state index contributed by atoms with van der Waals surface area (Å²) in [6.45, 7) is 3.60. The van der Waals surface area contributed by atoms with E-state index in [1.165, 1.54) is 17.0 Å². The van der Waals surface area contributed by atoms with Crippen molar-refractivity contribution in [2.24, 2.45) is 9.98 Å². The number of amides is 1. The standard InChI is InChI=1S/C23H21ClN6O3.Cs.Na.2H/c1-27-8-10-28(11-9-27)14-19-23(31)29-20-7-6-15(30(32)33)12-17(20)22(25-13-21(29)26-19)16-4-2-3-5-18(16)24;;;;/h2-7,12,14H,8-11,13H2,1H3;;;;/q;2*+1;2*-1/b19-14-;;;;. The van der Waals surface area contributed by atoms with Crippen molar-refractivity contribution in [1.82, 2.24) is 9.80 Å². The summed E-state index contributed by atoms with van der Waals surface area (Å²) < 4.78 is 0. The third kappa shape index (κ3) is 5.99. The number of amidine groups is 1. The summed E-state index contributed by atoms with van der Waals surface area (Å²) in [6, 6.07) is 11.6. The molecule has 1 amide bonds. The second kappa shape index (κ2) is 12.4. The summed E-state index contributed by atoms with van der Waals surface area (Å²) in [5.74, 6) is 0.215. The van der Waals surface area contributed by atoms with Crippen molar-refractivity contribution in [3.05, 3.63) is 80.6 Å². The molecule has 9 nitrogen and oxygen atoms in total. The number of anilines is 1. The number of fused-ring (bicyclic) bond motifs is 3. The molecule has 0 saturated carbocycles. The number of carbonyl (C=O) groups excluding carboxylic acids is 1. The molecule has 35 heavy (non-hydrogen) atoms. The number of rotatable bonds is 3. The van der Waals surface area contributed by atoms with E-state index in [0.29, 0.717) is 39.1 Å². The summed E-state index contributed by atoms with van der Waals surface area (Å²) in [7, 11) is 2.07. The number of aliphatic imine (C=N–C) groups is 2. The van der Waals surface area contributed by atoms with E-state index in [-0.39, 0.29) is 119 Å². The Morgan fingerprint density at radius 3 is 2.51 bits per heavy atom. The van der Waals surface area contributed by atoms with Crippen LogP contribution in [0.1, 0.15) is 14.0 Å². The Hall–Kier alpha value is -0.508. The first-order valence-electron chi connectivity index (χ1n) is 10.6. The number of piperazine rings is 1. The normalized spacial score (nSPS) is 18.6. The summed E-state index contributed by atoms with van der Waals surface area (Å²) in [6.07, 6.45) is 1.81. The van der Waals surface area contributed by atoms with E-state index < -0.39 is 4.92 Å². The Morgan fingerprint density at radius 1 is 1.11 bits per heavy atom. The second-order valence-corrected chi connectivity index (χ2v) is 8.53. The third-order valence-electron chi connectivity index (χ3n) is 5.97. The van der Waals surface area contributed by atoms with Crippen LogP contribution in [-0.4, -0.2) is 71.9 Å². The topological polar surface area (TPSA) is 94.7 Å². The second-order valence-electron chi connectivity index (χ2n) is 8.13. The Kier molecular flexibility index (Phi) is 10.3. The van der Waals surface area contributed by atoms with Gasteiger partial charge in [0.05, 0.1) is 22.9 Å². The smallest absolute Gasteiger partial charge is 1.00 e. The van der Waals surface area contributed by atoms with Crippen LogP contribution in [-0.2, 0) is 4.79 Å². The Morgan fingerprint density at radius 2 is 1.83 bits per heavy atom. The van der Waals surface area contributed by atoms with E-state index in [1.54, 1.807) is 24.4 Å². The van der Waals surface area contributed by atoms with Gasteiger partial charge in [-0.1, -0.05) is 29.8 Å². The maximum atomic E-state index is 13.4. The molecule has 1 fully saturated rings. The van der Waals surface area contributed by atoms with E-state index in [2.05, 4.69) is 21.8 Å². The maximum Gasteiger partial charge on any atom is 1.00 e. The predicted octanol–water partition coefficient (Wildman–Crippen LogP) is -2.83. The predicted molar refractivity (Wildman–Crippen MR) is 129 cm³/mol. The van der Waals surface area contributed by atoms with Crippen molar-refractivity contribution in [3.8, 4) is 0 Å². The van der Waals surface area contributed by atoms with Crippen molar-refractivity contribution in [2.45, 2.75) is 0 Å². The molecule has 12 heteroatoms. The Labute approximate surface area is 292 Å². The summed E-state index contributed by atoms with van der Waals surface area (Å²) in [5.41, 5.74) is 2.36. The van der Waals surface area contributed by atoms with Crippen LogP contribution in [0.25, 0.3) is 0 Å². The molecule has 3 aliphatic rings. The zero-order valence-corrected chi connectivity index (χ0v) is 29.0. The summed E-state index contributed by atoms with van der Waals surface area (Å²) in [5, 5.41) is 12.0. The SMILES string of the molecule is CN1CCN(/C=C2\N=C3CN=C(c4ccccc4Cl)c4cc([N+](=O)[O-])ccc4N3C2=O)CC1.[Cs+].[H-].[H-].[Na+]. The van der Waals surface area contributed by atoms with E-state index in [0.717, 1.165) is 26.2 Å². The van der Waals surface area contributed by atoms with Gasteiger partial charge in [-0.2, -0.15) is 0 Å². The minimum absolute atomic E-state index is 0. The number of nitro groups is 1. The van der Waals surface area contributed by atoms with Crippen LogP contribution >= 0.6 is 11.6 Å². The summed E-state index contributed by atoms with van der Waals surface area (Å²) >= 11 is 6.43. The zero-order valence-electron chi connectivity index (χ0n) is 21.9. The molecule has 0 unspecified atom stereocenters. The summed E-state index contributed by atoms with van der Waals surface area (Å²) in [4.78, 5) is 39.6. The molecule has 2 aromatic rings. The molecule has 2 aromatic carbocycles. The van der Waals surface area contributed by atoms with Gasteiger partial charge in [-0.15, -0.1) is 0 Å². The van der Waals surface area contributed by atoms with E-state index in [9.17, 15) is 14.9 Å². The van der Waals surface area contributed by atoms with E-state index in [1.807, 2.05) is 12.1 Å². The average Bonchev–Trinajstić information content (AvgIpc) is 3.01. The number of halogens is 1. The Bertz CT molecular complexity index is 1270. The van der Waals surface area contributed by atoms with Crippen LogP contribution in [0.15, 0.2) is 64.3 Å². The van der Waals surface area contributed by atoms with E-state index in [4.69, 9.17) is 16.6 Å². The van der Waals surface area contributed by atoms with Gasteiger partial charge in [0.2, 0.25) is 0 Å².